The Morgan fingerprint density at radius 1 is 1.21 bits per heavy atom. The first-order chi connectivity index (χ1) is 13.9. The summed E-state index contributed by atoms with van der Waals surface area (Å²) in [6, 6.07) is 6.07. The highest BCUT2D eigenvalue weighted by Crippen LogP contribution is 2.23. The molecule has 160 valence electrons. The maximum atomic E-state index is 12.9. The zero-order valence-electron chi connectivity index (χ0n) is 17.2. The van der Waals surface area contributed by atoms with Crippen LogP contribution in [0.4, 0.5) is 0 Å². The molecule has 1 fully saturated rings. The second kappa shape index (κ2) is 11.2. The maximum absolute atomic E-state index is 12.9. The molecule has 1 aromatic carbocycles. The molecule has 0 saturated carbocycles. The number of nitrogens with one attached hydrogen (secondary N) is 2. The van der Waals surface area contributed by atoms with Crippen molar-refractivity contribution in [2.75, 3.05) is 26.8 Å². The number of methoxy groups -OCH3 is 1. The van der Waals surface area contributed by atoms with Gasteiger partial charge in [-0.05, 0) is 44.2 Å². The molecule has 1 aromatic rings. The van der Waals surface area contributed by atoms with Gasteiger partial charge in [0.05, 0.1) is 10.6 Å². The molecule has 3 amide bonds. The molecule has 8 heteroatoms. The molecule has 1 aliphatic rings. The molecule has 0 aromatic heterocycles. The zero-order valence-corrected chi connectivity index (χ0v) is 18.0. The summed E-state index contributed by atoms with van der Waals surface area (Å²) >= 11 is 6.14. The number of carbonyl (C=O) groups excluding carboxylic acids is 3. The van der Waals surface area contributed by atoms with E-state index in [0.717, 1.165) is 6.42 Å². The van der Waals surface area contributed by atoms with Gasteiger partial charge in [-0.1, -0.05) is 30.7 Å². The third-order valence-electron chi connectivity index (χ3n) is 5.32. The summed E-state index contributed by atoms with van der Waals surface area (Å²) in [5, 5.41) is 6.18. The molecular weight excluding hydrogens is 394 g/mol. The van der Waals surface area contributed by atoms with Crippen molar-refractivity contribution >= 4 is 29.3 Å². The van der Waals surface area contributed by atoms with E-state index in [2.05, 4.69) is 10.6 Å². The number of amides is 3. The summed E-state index contributed by atoms with van der Waals surface area (Å²) in [6.45, 7) is 5.02. The van der Waals surface area contributed by atoms with Crippen molar-refractivity contribution in [1.29, 1.82) is 0 Å². The Kier molecular flexibility index (Phi) is 8.92. The van der Waals surface area contributed by atoms with Crippen molar-refractivity contribution in [3.8, 4) is 0 Å². The third-order valence-corrected chi connectivity index (χ3v) is 5.65. The molecule has 0 aliphatic carbocycles. The highest BCUT2D eigenvalue weighted by molar-refractivity contribution is 6.33. The number of rotatable bonds is 8. The number of ether oxygens (including phenoxy) is 1. The van der Waals surface area contributed by atoms with Crippen molar-refractivity contribution in [2.24, 2.45) is 5.92 Å². The molecule has 0 bridgehead atoms. The van der Waals surface area contributed by atoms with Crippen LogP contribution >= 0.6 is 11.6 Å². The summed E-state index contributed by atoms with van der Waals surface area (Å²) < 4.78 is 4.91. The largest absolute Gasteiger partial charge is 0.375 e. The van der Waals surface area contributed by atoms with Gasteiger partial charge in [0.1, 0.15) is 12.6 Å². The number of carbonyl (C=O) groups is 3. The van der Waals surface area contributed by atoms with E-state index >= 15 is 0 Å². The molecule has 1 aliphatic heterocycles. The molecule has 29 heavy (non-hydrogen) atoms. The lowest BCUT2D eigenvalue weighted by Crippen LogP contribution is -2.55. The van der Waals surface area contributed by atoms with Gasteiger partial charge < -0.3 is 20.3 Å². The number of benzene rings is 1. The van der Waals surface area contributed by atoms with Crippen LogP contribution in [0.3, 0.4) is 0 Å². The highest BCUT2D eigenvalue weighted by Gasteiger charge is 2.34. The quantitative estimate of drug-likeness (QED) is 0.671. The Bertz CT molecular complexity index is 720. The number of halogens is 1. The van der Waals surface area contributed by atoms with Crippen LogP contribution in [0.2, 0.25) is 5.02 Å². The van der Waals surface area contributed by atoms with Gasteiger partial charge in [0.25, 0.3) is 5.91 Å². The molecule has 0 radical (unpaired) electrons. The lowest BCUT2D eigenvalue weighted by molar-refractivity contribution is -0.136. The average molecular weight is 424 g/mol. The molecule has 2 atom stereocenters. The average Bonchev–Trinajstić information content (AvgIpc) is 2.72. The predicted molar refractivity (Wildman–Crippen MR) is 112 cm³/mol. The SMILES string of the molecule is CC[C@H](C)NC(=O)[C@@H](NC(=O)c1ccccc1Cl)C1CCN(C(=O)COC)CC1. The Hall–Kier alpha value is -2.12. The molecule has 1 heterocycles. The lowest BCUT2D eigenvalue weighted by atomic mass is 9.88. The van der Waals surface area contributed by atoms with Crippen LogP contribution in [0.15, 0.2) is 24.3 Å². The van der Waals surface area contributed by atoms with Crippen LogP contribution in [-0.2, 0) is 14.3 Å². The highest BCUT2D eigenvalue weighted by atomic mass is 35.5. The Morgan fingerprint density at radius 2 is 1.86 bits per heavy atom. The van der Waals surface area contributed by atoms with Crippen molar-refractivity contribution in [2.45, 2.75) is 45.2 Å². The van der Waals surface area contributed by atoms with Gasteiger partial charge in [0.15, 0.2) is 0 Å². The molecule has 0 unspecified atom stereocenters. The molecule has 2 rings (SSSR count). The number of hydrogen-bond donors (Lipinski definition) is 2. The Morgan fingerprint density at radius 3 is 2.45 bits per heavy atom. The second-order valence-electron chi connectivity index (χ2n) is 7.40. The van der Waals surface area contributed by atoms with Crippen molar-refractivity contribution in [3.63, 3.8) is 0 Å². The first-order valence-corrected chi connectivity index (χ1v) is 10.4. The summed E-state index contributed by atoms with van der Waals surface area (Å²) in [5.41, 5.74) is 0.336. The molecular formula is C21H30ClN3O4. The second-order valence-corrected chi connectivity index (χ2v) is 7.81. The van der Waals surface area contributed by atoms with Crippen molar-refractivity contribution in [1.82, 2.24) is 15.5 Å². The number of hydrogen-bond acceptors (Lipinski definition) is 4. The van der Waals surface area contributed by atoms with E-state index < -0.39 is 6.04 Å². The fourth-order valence-corrected chi connectivity index (χ4v) is 3.62. The minimum absolute atomic E-state index is 0.00517. The number of piperidine rings is 1. The summed E-state index contributed by atoms with van der Waals surface area (Å²) in [7, 11) is 1.49. The van der Waals surface area contributed by atoms with Gasteiger partial charge in [-0.2, -0.15) is 0 Å². The van der Waals surface area contributed by atoms with Crippen molar-refractivity contribution < 1.29 is 19.1 Å². The van der Waals surface area contributed by atoms with E-state index in [9.17, 15) is 14.4 Å². The first-order valence-electron chi connectivity index (χ1n) is 9.99. The maximum Gasteiger partial charge on any atom is 0.253 e. The van der Waals surface area contributed by atoms with Crippen LogP contribution < -0.4 is 10.6 Å². The van der Waals surface area contributed by atoms with Gasteiger partial charge in [-0.3, -0.25) is 14.4 Å². The molecule has 1 saturated heterocycles. The third kappa shape index (κ3) is 6.44. The van der Waals surface area contributed by atoms with Gasteiger partial charge in [0.2, 0.25) is 11.8 Å². The fraction of sp³-hybridized carbons (Fsp3) is 0.571. The normalized spacial score (nSPS) is 16.8. The summed E-state index contributed by atoms with van der Waals surface area (Å²) in [6.07, 6.45) is 2.04. The monoisotopic (exact) mass is 423 g/mol. The van der Waals surface area contributed by atoms with Crippen molar-refractivity contribution in [3.05, 3.63) is 34.9 Å². The van der Waals surface area contributed by atoms with E-state index in [0.29, 0.717) is 36.5 Å². The van der Waals surface area contributed by atoms with Gasteiger partial charge >= 0.3 is 0 Å². The van der Waals surface area contributed by atoms with E-state index in [1.54, 1.807) is 29.2 Å². The number of nitrogens with zero attached hydrogens (tertiary/aromatic N) is 1. The zero-order chi connectivity index (χ0) is 21.4. The van der Waals surface area contributed by atoms with Crippen LogP contribution in [0.5, 0.6) is 0 Å². The van der Waals surface area contributed by atoms with E-state index in [1.165, 1.54) is 7.11 Å². The van der Waals surface area contributed by atoms with Gasteiger partial charge in [-0.25, -0.2) is 0 Å². The fourth-order valence-electron chi connectivity index (χ4n) is 3.39. The van der Waals surface area contributed by atoms with E-state index in [4.69, 9.17) is 16.3 Å². The Labute approximate surface area is 177 Å². The van der Waals surface area contributed by atoms with Crippen LogP contribution in [0.1, 0.15) is 43.5 Å². The summed E-state index contributed by atoms with van der Waals surface area (Å²) in [4.78, 5) is 39.5. The molecule has 2 N–H and O–H groups in total. The summed E-state index contributed by atoms with van der Waals surface area (Å²) in [5.74, 6) is -0.719. The van der Waals surface area contributed by atoms with Crippen LogP contribution in [0.25, 0.3) is 0 Å². The van der Waals surface area contributed by atoms with E-state index in [-0.39, 0.29) is 36.3 Å². The Balaban J connectivity index is 2.11. The van der Waals surface area contributed by atoms with Gasteiger partial charge in [0, 0.05) is 26.2 Å². The predicted octanol–water partition coefficient (Wildman–Crippen LogP) is 2.24. The standard InChI is InChI=1S/C21H30ClN3O4/c1-4-14(2)23-21(28)19(24-20(27)16-7-5-6-8-17(16)22)15-9-11-25(12-10-15)18(26)13-29-3/h5-8,14-15,19H,4,9-13H2,1-3H3,(H,23,28)(H,24,27)/t14-,19-/m0/s1. The lowest BCUT2D eigenvalue weighted by Gasteiger charge is -2.36. The molecule has 0 spiro atoms. The number of likely N-dealkylation sites (tertiary alicyclic amines) is 1. The van der Waals surface area contributed by atoms with Gasteiger partial charge in [-0.15, -0.1) is 0 Å². The van der Waals surface area contributed by atoms with Crippen LogP contribution in [-0.4, -0.2) is 61.5 Å². The van der Waals surface area contributed by atoms with Crippen LogP contribution in [0, 0.1) is 5.92 Å². The first kappa shape index (κ1) is 23.2. The topological polar surface area (TPSA) is 87.7 Å². The smallest absolute Gasteiger partial charge is 0.253 e. The molecule has 7 nitrogen and oxygen atoms in total. The minimum Gasteiger partial charge on any atom is -0.375 e. The van der Waals surface area contributed by atoms with E-state index in [1.807, 2.05) is 13.8 Å². The minimum atomic E-state index is -0.688.